The van der Waals surface area contributed by atoms with Crippen molar-refractivity contribution in [2.24, 2.45) is 11.8 Å². The van der Waals surface area contributed by atoms with Crippen molar-refractivity contribution in [1.82, 2.24) is 5.32 Å². The van der Waals surface area contributed by atoms with E-state index in [0.29, 0.717) is 17.8 Å². The Morgan fingerprint density at radius 2 is 1.39 bits per heavy atom. The second kappa shape index (κ2) is 6.40. The van der Waals surface area contributed by atoms with Gasteiger partial charge in [-0.15, -0.1) is 0 Å². The zero-order valence-corrected chi connectivity index (χ0v) is 13.9. The average molecular weight is 317 g/mol. The van der Waals surface area contributed by atoms with Crippen LogP contribution in [0, 0.1) is 11.8 Å². The molecular weight excluding hydrogens is 294 g/mol. The number of hydrogen-bond acceptors (Lipinski definition) is 3. The molecule has 3 amide bonds. The van der Waals surface area contributed by atoms with Gasteiger partial charge in [0.1, 0.15) is 0 Å². The topological polar surface area (TPSA) is 87.3 Å². The minimum atomic E-state index is -0.291. The van der Waals surface area contributed by atoms with E-state index in [1.807, 2.05) is 20.8 Å². The molecule has 1 aliphatic rings. The standard InChI is InChI=1S/C17H23N3O3/c1-10(21)18-11-5-7-12(8-6-11)19-15(22)13-9-14(13)16(23)20-17(2,3)4/h5-8,13-14H,9H2,1-4H3,(H,18,21)(H,19,22)(H,20,23). The summed E-state index contributed by atoms with van der Waals surface area (Å²) in [5.41, 5.74) is 1.02. The molecule has 6 nitrogen and oxygen atoms in total. The molecule has 0 spiro atoms. The molecule has 1 aliphatic carbocycles. The second-order valence-corrected chi connectivity index (χ2v) is 6.94. The zero-order valence-electron chi connectivity index (χ0n) is 13.9. The third-order valence-corrected chi connectivity index (χ3v) is 3.43. The number of hydrogen-bond donors (Lipinski definition) is 3. The Kier molecular flexibility index (Phi) is 4.73. The first-order valence-corrected chi connectivity index (χ1v) is 7.66. The van der Waals surface area contributed by atoms with Crippen LogP contribution in [0.5, 0.6) is 0 Å². The molecule has 23 heavy (non-hydrogen) atoms. The number of anilines is 2. The third kappa shape index (κ3) is 5.09. The molecule has 0 radical (unpaired) electrons. The Bertz CT molecular complexity index is 617. The number of carbonyl (C=O) groups is 3. The van der Waals surface area contributed by atoms with Gasteiger partial charge < -0.3 is 16.0 Å². The van der Waals surface area contributed by atoms with Crippen LogP contribution in [0.15, 0.2) is 24.3 Å². The fourth-order valence-electron chi connectivity index (χ4n) is 2.31. The molecule has 1 aromatic carbocycles. The lowest BCUT2D eigenvalue weighted by molar-refractivity contribution is -0.126. The van der Waals surface area contributed by atoms with Gasteiger partial charge in [-0.05, 0) is 51.5 Å². The molecule has 0 heterocycles. The van der Waals surface area contributed by atoms with Gasteiger partial charge in [-0.2, -0.15) is 0 Å². The summed E-state index contributed by atoms with van der Waals surface area (Å²) in [5.74, 6) is -0.877. The fraction of sp³-hybridized carbons (Fsp3) is 0.471. The van der Waals surface area contributed by atoms with Gasteiger partial charge in [0.2, 0.25) is 17.7 Å². The van der Waals surface area contributed by atoms with Gasteiger partial charge in [0.25, 0.3) is 0 Å². The van der Waals surface area contributed by atoms with E-state index in [1.165, 1.54) is 6.92 Å². The van der Waals surface area contributed by atoms with Gasteiger partial charge in [0.05, 0.1) is 11.8 Å². The van der Waals surface area contributed by atoms with E-state index in [0.717, 1.165) is 0 Å². The Morgan fingerprint density at radius 1 is 0.913 bits per heavy atom. The van der Waals surface area contributed by atoms with Crippen molar-refractivity contribution in [1.29, 1.82) is 0 Å². The van der Waals surface area contributed by atoms with Crippen LogP contribution < -0.4 is 16.0 Å². The van der Waals surface area contributed by atoms with Gasteiger partial charge in [-0.1, -0.05) is 0 Å². The van der Waals surface area contributed by atoms with E-state index in [2.05, 4.69) is 16.0 Å². The van der Waals surface area contributed by atoms with Gasteiger partial charge in [-0.25, -0.2) is 0 Å². The summed E-state index contributed by atoms with van der Waals surface area (Å²) in [5, 5.41) is 8.36. The van der Waals surface area contributed by atoms with E-state index in [4.69, 9.17) is 0 Å². The maximum absolute atomic E-state index is 12.2. The molecule has 124 valence electrons. The molecule has 2 rings (SSSR count). The van der Waals surface area contributed by atoms with Crippen molar-refractivity contribution >= 4 is 29.1 Å². The molecule has 1 saturated carbocycles. The van der Waals surface area contributed by atoms with Crippen molar-refractivity contribution in [3.8, 4) is 0 Å². The molecular formula is C17H23N3O3. The molecule has 0 aliphatic heterocycles. The highest BCUT2D eigenvalue weighted by Gasteiger charge is 2.48. The van der Waals surface area contributed by atoms with Crippen LogP contribution in [0.4, 0.5) is 11.4 Å². The zero-order chi connectivity index (χ0) is 17.2. The molecule has 6 heteroatoms. The summed E-state index contributed by atoms with van der Waals surface area (Å²) in [4.78, 5) is 35.1. The monoisotopic (exact) mass is 317 g/mol. The maximum atomic E-state index is 12.2. The third-order valence-electron chi connectivity index (χ3n) is 3.43. The normalized spacial score (nSPS) is 19.7. The van der Waals surface area contributed by atoms with Crippen molar-refractivity contribution in [3.05, 3.63) is 24.3 Å². The number of benzene rings is 1. The Morgan fingerprint density at radius 3 is 1.87 bits per heavy atom. The van der Waals surface area contributed by atoms with Gasteiger partial charge >= 0.3 is 0 Å². The van der Waals surface area contributed by atoms with Crippen molar-refractivity contribution in [2.75, 3.05) is 10.6 Å². The van der Waals surface area contributed by atoms with Crippen LogP contribution in [-0.4, -0.2) is 23.3 Å². The van der Waals surface area contributed by atoms with E-state index < -0.39 is 0 Å². The summed E-state index contributed by atoms with van der Waals surface area (Å²) in [6, 6.07) is 6.87. The first-order valence-electron chi connectivity index (χ1n) is 7.66. The molecule has 1 aromatic rings. The summed E-state index contributed by atoms with van der Waals surface area (Å²) in [6.45, 7) is 7.18. The van der Waals surface area contributed by atoms with Gasteiger partial charge in [-0.3, -0.25) is 14.4 Å². The van der Waals surface area contributed by atoms with Crippen LogP contribution in [-0.2, 0) is 14.4 Å². The highest BCUT2D eigenvalue weighted by Crippen LogP contribution is 2.39. The highest BCUT2D eigenvalue weighted by atomic mass is 16.2. The lowest BCUT2D eigenvalue weighted by Gasteiger charge is -2.20. The van der Waals surface area contributed by atoms with Crippen LogP contribution in [0.25, 0.3) is 0 Å². The number of rotatable bonds is 4. The lowest BCUT2D eigenvalue weighted by Crippen LogP contribution is -2.42. The maximum Gasteiger partial charge on any atom is 0.228 e. The second-order valence-electron chi connectivity index (χ2n) is 6.94. The van der Waals surface area contributed by atoms with E-state index in [1.54, 1.807) is 24.3 Å². The Hall–Kier alpha value is -2.37. The Balaban J connectivity index is 1.86. The van der Waals surface area contributed by atoms with Crippen LogP contribution >= 0.6 is 0 Å². The predicted molar refractivity (Wildman–Crippen MR) is 88.9 cm³/mol. The van der Waals surface area contributed by atoms with Crippen molar-refractivity contribution in [2.45, 2.75) is 39.7 Å². The van der Waals surface area contributed by atoms with E-state index in [9.17, 15) is 14.4 Å². The first-order chi connectivity index (χ1) is 10.7. The van der Waals surface area contributed by atoms with E-state index >= 15 is 0 Å². The summed E-state index contributed by atoms with van der Waals surface area (Å²) >= 11 is 0. The summed E-state index contributed by atoms with van der Waals surface area (Å²) < 4.78 is 0. The SMILES string of the molecule is CC(=O)Nc1ccc(NC(=O)C2CC2C(=O)NC(C)(C)C)cc1. The minimum absolute atomic E-state index is 0.0707. The van der Waals surface area contributed by atoms with Gasteiger partial charge in [0, 0.05) is 23.8 Å². The highest BCUT2D eigenvalue weighted by molar-refractivity contribution is 5.99. The number of carbonyl (C=O) groups excluding carboxylic acids is 3. The molecule has 3 N–H and O–H groups in total. The minimum Gasteiger partial charge on any atom is -0.351 e. The van der Waals surface area contributed by atoms with E-state index in [-0.39, 0.29) is 35.1 Å². The quantitative estimate of drug-likeness (QED) is 0.795. The van der Waals surface area contributed by atoms with Crippen LogP contribution in [0.2, 0.25) is 0 Å². The molecule has 2 unspecified atom stereocenters. The molecule has 2 atom stereocenters. The molecule has 1 fully saturated rings. The van der Waals surface area contributed by atoms with Crippen LogP contribution in [0.3, 0.4) is 0 Å². The van der Waals surface area contributed by atoms with Gasteiger partial charge in [0.15, 0.2) is 0 Å². The predicted octanol–water partition coefficient (Wildman–Crippen LogP) is 2.13. The Labute approximate surface area is 136 Å². The average Bonchev–Trinajstić information content (AvgIpc) is 3.19. The van der Waals surface area contributed by atoms with Crippen LogP contribution in [0.1, 0.15) is 34.1 Å². The largest absolute Gasteiger partial charge is 0.351 e. The number of amides is 3. The molecule has 0 saturated heterocycles. The number of nitrogens with one attached hydrogen (secondary N) is 3. The lowest BCUT2D eigenvalue weighted by atomic mass is 10.1. The smallest absolute Gasteiger partial charge is 0.228 e. The summed E-state index contributed by atoms with van der Waals surface area (Å²) in [7, 11) is 0. The summed E-state index contributed by atoms with van der Waals surface area (Å²) in [6.07, 6.45) is 0.581. The molecule has 0 aromatic heterocycles. The fourth-order valence-corrected chi connectivity index (χ4v) is 2.31. The first kappa shape index (κ1) is 17.0. The molecule has 0 bridgehead atoms. The van der Waals surface area contributed by atoms with Crippen molar-refractivity contribution < 1.29 is 14.4 Å². The van der Waals surface area contributed by atoms with Crippen molar-refractivity contribution in [3.63, 3.8) is 0 Å².